The van der Waals surface area contributed by atoms with Gasteiger partial charge in [-0.3, -0.25) is 0 Å². The minimum atomic E-state index is -2.39. The van der Waals surface area contributed by atoms with Gasteiger partial charge in [0.05, 0.1) is 5.69 Å². The molecule has 0 saturated carbocycles. The molecule has 0 aromatic heterocycles. The molecule has 0 unspecified atom stereocenters. The molecule has 0 bridgehead atoms. The third-order valence-corrected chi connectivity index (χ3v) is 2.41. The molecule has 1 aromatic rings. The van der Waals surface area contributed by atoms with E-state index in [0.29, 0.717) is 22.3 Å². The van der Waals surface area contributed by atoms with Crippen molar-refractivity contribution in [3.05, 3.63) is 24.3 Å². The standard InChI is InChI=1S/C8H4Cl2FNOS/c9-8(10,11)14-7-3-1-2-6(4-7)12-5-13/h1-4H. The van der Waals surface area contributed by atoms with E-state index in [2.05, 4.69) is 4.99 Å². The van der Waals surface area contributed by atoms with E-state index in [1.54, 1.807) is 18.2 Å². The maximum Gasteiger partial charge on any atom is 0.309 e. The van der Waals surface area contributed by atoms with Gasteiger partial charge in [-0.05, 0) is 18.2 Å². The Kier molecular flexibility index (Phi) is 3.96. The maximum atomic E-state index is 12.8. The molecule has 0 heterocycles. The molecule has 1 aromatic carbocycles. The van der Waals surface area contributed by atoms with Crippen LogP contribution in [0.2, 0.25) is 0 Å². The third kappa shape index (κ3) is 4.11. The number of thioether (sulfide) groups is 1. The van der Waals surface area contributed by atoms with Crippen LogP contribution in [0.25, 0.3) is 0 Å². The van der Waals surface area contributed by atoms with Crippen LogP contribution in [0.15, 0.2) is 34.2 Å². The van der Waals surface area contributed by atoms with Gasteiger partial charge in [0, 0.05) is 4.90 Å². The van der Waals surface area contributed by atoms with Crippen molar-refractivity contribution in [3.8, 4) is 0 Å². The van der Waals surface area contributed by atoms with Crippen LogP contribution in [-0.4, -0.2) is 10.00 Å². The smallest absolute Gasteiger partial charge is 0.211 e. The summed E-state index contributed by atoms with van der Waals surface area (Å²) in [7, 11) is 0. The molecule has 0 aliphatic carbocycles. The summed E-state index contributed by atoms with van der Waals surface area (Å²) < 4.78 is 10.4. The average molecular weight is 252 g/mol. The molecule has 0 fully saturated rings. The van der Waals surface area contributed by atoms with Crippen LogP contribution >= 0.6 is 35.0 Å². The molecule has 14 heavy (non-hydrogen) atoms. The highest BCUT2D eigenvalue weighted by atomic mass is 35.5. The Morgan fingerprint density at radius 1 is 1.50 bits per heavy atom. The lowest BCUT2D eigenvalue weighted by atomic mass is 10.3. The lowest BCUT2D eigenvalue weighted by Gasteiger charge is -2.07. The van der Waals surface area contributed by atoms with Crippen LogP contribution in [0.5, 0.6) is 0 Å². The van der Waals surface area contributed by atoms with E-state index < -0.39 is 3.92 Å². The molecule has 6 heteroatoms. The number of nitrogens with zero attached hydrogens (tertiary/aromatic N) is 1. The summed E-state index contributed by atoms with van der Waals surface area (Å²) >= 11 is 10.9. The van der Waals surface area contributed by atoms with Crippen molar-refractivity contribution in [1.29, 1.82) is 0 Å². The number of rotatable bonds is 3. The van der Waals surface area contributed by atoms with Crippen LogP contribution in [-0.2, 0) is 4.79 Å². The number of halogens is 3. The van der Waals surface area contributed by atoms with Crippen molar-refractivity contribution in [1.82, 2.24) is 0 Å². The maximum absolute atomic E-state index is 12.8. The topological polar surface area (TPSA) is 29.4 Å². The Labute approximate surface area is 94.1 Å². The predicted molar refractivity (Wildman–Crippen MR) is 55.6 cm³/mol. The zero-order chi connectivity index (χ0) is 10.6. The van der Waals surface area contributed by atoms with E-state index in [1.165, 1.54) is 12.1 Å². The van der Waals surface area contributed by atoms with Crippen molar-refractivity contribution in [2.45, 2.75) is 8.81 Å². The molecular formula is C8H4Cl2FNOS. The van der Waals surface area contributed by atoms with E-state index in [1.807, 2.05) is 0 Å². The van der Waals surface area contributed by atoms with Gasteiger partial charge in [-0.2, -0.15) is 9.38 Å². The highest BCUT2D eigenvalue weighted by molar-refractivity contribution is 8.03. The molecule has 74 valence electrons. The van der Waals surface area contributed by atoms with E-state index in [0.717, 1.165) is 0 Å². The second kappa shape index (κ2) is 4.80. The summed E-state index contributed by atoms with van der Waals surface area (Å²) in [6.07, 6.45) is 1.38. The fraction of sp³-hybridized carbons (Fsp3) is 0.125. The van der Waals surface area contributed by atoms with E-state index >= 15 is 0 Å². The SMILES string of the molecule is O=C=Nc1cccc(SC(F)(Cl)Cl)c1. The highest BCUT2D eigenvalue weighted by Crippen LogP contribution is 2.41. The minimum Gasteiger partial charge on any atom is -0.211 e. The quantitative estimate of drug-likeness (QED) is 0.354. The lowest BCUT2D eigenvalue weighted by Crippen LogP contribution is -1.94. The summed E-state index contributed by atoms with van der Waals surface area (Å²) in [4.78, 5) is 13.8. The third-order valence-electron chi connectivity index (χ3n) is 1.23. The van der Waals surface area contributed by atoms with Crippen molar-refractivity contribution in [2.24, 2.45) is 4.99 Å². The molecule has 2 nitrogen and oxygen atoms in total. The van der Waals surface area contributed by atoms with Crippen molar-refractivity contribution >= 4 is 46.7 Å². The number of alkyl halides is 3. The molecule has 0 amide bonds. The van der Waals surface area contributed by atoms with Gasteiger partial charge in [0.2, 0.25) is 6.08 Å². The summed E-state index contributed by atoms with van der Waals surface area (Å²) in [5, 5.41) is 0. The molecule has 0 aliphatic heterocycles. The number of benzene rings is 1. The summed E-state index contributed by atoms with van der Waals surface area (Å²) in [6.45, 7) is 0. The van der Waals surface area contributed by atoms with Gasteiger partial charge in [-0.25, -0.2) is 4.79 Å². The molecule has 0 saturated heterocycles. The lowest BCUT2D eigenvalue weighted by molar-refractivity contribution is 0.516. The highest BCUT2D eigenvalue weighted by Gasteiger charge is 2.23. The van der Waals surface area contributed by atoms with E-state index in [-0.39, 0.29) is 0 Å². The fourth-order valence-electron chi connectivity index (χ4n) is 0.803. The fourth-order valence-corrected chi connectivity index (χ4v) is 1.93. The Morgan fingerprint density at radius 3 is 2.79 bits per heavy atom. The van der Waals surface area contributed by atoms with Gasteiger partial charge in [-0.15, -0.1) is 0 Å². The zero-order valence-electron chi connectivity index (χ0n) is 6.71. The second-order valence-corrected chi connectivity index (χ2v) is 5.17. The summed E-state index contributed by atoms with van der Waals surface area (Å²) in [5.74, 6) is 0. The first-order chi connectivity index (χ1) is 6.51. The molecule has 0 N–H and O–H groups in total. The van der Waals surface area contributed by atoms with Gasteiger partial charge in [-0.1, -0.05) is 41.0 Å². The number of carbonyl (C=O) groups excluding carboxylic acids is 1. The number of hydrogen-bond acceptors (Lipinski definition) is 3. The molecule has 0 radical (unpaired) electrons. The first-order valence-corrected chi connectivity index (χ1v) is 5.02. The Morgan fingerprint density at radius 2 is 2.21 bits per heavy atom. The van der Waals surface area contributed by atoms with E-state index in [4.69, 9.17) is 23.2 Å². The summed E-state index contributed by atoms with van der Waals surface area (Å²) in [5.41, 5.74) is 0.377. The minimum absolute atomic E-state index is 0.377. The monoisotopic (exact) mass is 251 g/mol. The largest absolute Gasteiger partial charge is 0.309 e. The van der Waals surface area contributed by atoms with Crippen LogP contribution in [0.4, 0.5) is 10.1 Å². The number of aliphatic imine (C=N–C) groups is 1. The van der Waals surface area contributed by atoms with Crippen molar-refractivity contribution < 1.29 is 9.18 Å². The number of hydrogen-bond donors (Lipinski definition) is 0. The molecule has 0 aliphatic rings. The zero-order valence-corrected chi connectivity index (χ0v) is 9.04. The van der Waals surface area contributed by atoms with Crippen molar-refractivity contribution in [2.75, 3.05) is 0 Å². The van der Waals surface area contributed by atoms with Gasteiger partial charge < -0.3 is 0 Å². The van der Waals surface area contributed by atoms with Gasteiger partial charge in [0.1, 0.15) is 0 Å². The predicted octanol–water partition coefficient (Wildman–Crippen LogP) is 3.80. The molecule has 0 spiro atoms. The average Bonchev–Trinajstić information content (AvgIpc) is 2.02. The first-order valence-electron chi connectivity index (χ1n) is 3.45. The summed E-state index contributed by atoms with van der Waals surface area (Å²) in [6, 6.07) is 6.28. The number of isocyanates is 1. The van der Waals surface area contributed by atoms with E-state index in [9.17, 15) is 9.18 Å². The van der Waals surface area contributed by atoms with Gasteiger partial charge in [0.15, 0.2) is 0 Å². The normalized spacial score (nSPS) is 10.8. The van der Waals surface area contributed by atoms with Crippen LogP contribution < -0.4 is 0 Å². The molecular weight excluding hydrogens is 248 g/mol. The molecule has 1 rings (SSSR count). The van der Waals surface area contributed by atoms with Crippen LogP contribution in [0, 0.1) is 0 Å². The Bertz CT molecular complexity index is 374. The Hall–Kier alpha value is -0.540. The van der Waals surface area contributed by atoms with Gasteiger partial charge in [0.25, 0.3) is 0 Å². The Balaban J connectivity index is 2.89. The van der Waals surface area contributed by atoms with Gasteiger partial charge >= 0.3 is 3.92 Å². The van der Waals surface area contributed by atoms with Crippen LogP contribution in [0.3, 0.4) is 0 Å². The van der Waals surface area contributed by atoms with Crippen LogP contribution in [0.1, 0.15) is 0 Å². The van der Waals surface area contributed by atoms with Crippen molar-refractivity contribution in [3.63, 3.8) is 0 Å². The first kappa shape index (κ1) is 11.5. The molecule has 0 atom stereocenters. The second-order valence-electron chi connectivity index (χ2n) is 2.25.